The monoisotopic (exact) mass is 278 g/mol. The zero-order valence-electron chi connectivity index (χ0n) is 12.0. The molecule has 20 heavy (non-hydrogen) atoms. The highest BCUT2D eigenvalue weighted by Gasteiger charge is 2.19. The number of primary amides is 1. The fourth-order valence-corrected chi connectivity index (χ4v) is 2.90. The van der Waals surface area contributed by atoms with E-state index in [9.17, 15) is 9.18 Å². The molecular formula is C16H23FN2O. The molecule has 0 bridgehead atoms. The smallest absolute Gasteiger partial charge is 0.248 e. The van der Waals surface area contributed by atoms with Crippen molar-refractivity contribution in [1.29, 1.82) is 0 Å². The third-order valence-corrected chi connectivity index (χ3v) is 4.25. The highest BCUT2D eigenvalue weighted by molar-refractivity contribution is 5.92. The number of carbonyl (C=O) groups excluding carboxylic acids is 1. The van der Waals surface area contributed by atoms with Gasteiger partial charge in [-0.15, -0.1) is 0 Å². The van der Waals surface area contributed by atoms with E-state index in [0.717, 1.165) is 6.42 Å². The largest absolute Gasteiger partial charge is 0.366 e. The van der Waals surface area contributed by atoms with Gasteiger partial charge in [0, 0.05) is 23.7 Å². The Balaban J connectivity index is 2.02. The molecule has 110 valence electrons. The lowest BCUT2D eigenvalue weighted by Crippen LogP contribution is -2.34. The van der Waals surface area contributed by atoms with Gasteiger partial charge in [0.05, 0.1) is 0 Å². The van der Waals surface area contributed by atoms with Crippen molar-refractivity contribution in [2.75, 3.05) is 0 Å². The fraction of sp³-hybridized carbons (Fsp3) is 0.562. The van der Waals surface area contributed by atoms with Gasteiger partial charge in [-0.2, -0.15) is 0 Å². The molecule has 1 aromatic carbocycles. The molecule has 4 heteroatoms. The van der Waals surface area contributed by atoms with Gasteiger partial charge < -0.3 is 11.1 Å². The summed E-state index contributed by atoms with van der Waals surface area (Å²) >= 11 is 0. The number of amides is 1. The van der Waals surface area contributed by atoms with Crippen LogP contribution in [-0.2, 0) is 6.54 Å². The quantitative estimate of drug-likeness (QED) is 0.832. The molecule has 1 aliphatic rings. The zero-order chi connectivity index (χ0) is 14.5. The van der Waals surface area contributed by atoms with Crippen molar-refractivity contribution in [3.05, 3.63) is 35.1 Å². The van der Waals surface area contributed by atoms with Crippen LogP contribution in [0, 0.1) is 11.7 Å². The van der Waals surface area contributed by atoms with Crippen LogP contribution in [0.25, 0.3) is 0 Å². The van der Waals surface area contributed by atoms with Crippen molar-refractivity contribution >= 4 is 5.91 Å². The Kier molecular flexibility index (Phi) is 5.12. The van der Waals surface area contributed by atoms with Crippen LogP contribution in [0.2, 0.25) is 0 Å². The molecule has 0 heterocycles. The van der Waals surface area contributed by atoms with E-state index in [-0.39, 0.29) is 5.82 Å². The Bertz CT molecular complexity index is 476. The van der Waals surface area contributed by atoms with Crippen LogP contribution in [0.5, 0.6) is 0 Å². The average molecular weight is 278 g/mol. The Morgan fingerprint density at radius 2 is 2.10 bits per heavy atom. The van der Waals surface area contributed by atoms with Crippen LogP contribution in [-0.4, -0.2) is 11.9 Å². The lowest BCUT2D eigenvalue weighted by atomic mass is 9.96. The second-order valence-electron chi connectivity index (χ2n) is 5.77. The third-order valence-electron chi connectivity index (χ3n) is 4.25. The van der Waals surface area contributed by atoms with E-state index in [2.05, 4.69) is 12.2 Å². The van der Waals surface area contributed by atoms with E-state index in [1.807, 2.05) is 0 Å². The summed E-state index contributed by atoms with van der Waals surface area (Å²) in [6.07, 6.45) is 6.16. The molecule has 3 N–H and O–H groups in total. The van der Waals surface area contributed by atoms with E-state index in [0.29, 0.717) is 29.6 Å². The highest BCUT2D eigenvalue weighted by Crippen LogP contribution is 2.23. The minimum absolute atomic E-state index is 0.288. The third kappa shape index (κ3) is 3.79. The normalized spacial score (nSPS) is 23.3. The molecule has 1 aromatic rings. The number of halogens is 1. The van der Waals surface area contributed by atoms with E-state index in [1.54, 1.807) is 6.07 Å². The summed E-state index contributed by atoms with van der Waals surface area (Å²) < 4.78 is 13.8. The van der Waals surface area contributed by atoms with E-state index < -0.39 is 5.91 Å². The molecular weight excluding hydrogens is 255 g/mol. The van der Waals surface area contributed by atoms with Gasteiger partial charge in [0.15, 0.2) is 0 Å². The van der Waals surface area contributed by atoms with Gasteiger partial charge in [0.1, 0.15) is 5.82 Å². The average Bonchev–Trinajstić information content (AvgIpc) is 2.62. The predicted molar refractivity (Wildman–Crippen MR) is 77.8 cm³/mol. The van der Waals surface area contributed by atoms with Crippen molar-refractivity contribution in [3.63, 3.8) is 0 Å². The molecule has 0 aromatic heterocycles. The molecule has 2 atom stereocenters. The summed E-state index contributed by atoms with van der Waals surface area (Å²) in [4.78, 5) is 11.1. The second kappa shape index (κ2) is 6.84. The van der Waals surface area contributed by atoms with Crippen LogP contribution in [0.15, 0.2) is 18.2 Å². The van der Waals surface area contributed by atoms with E-state index in [4.69, 9.17) is 5.73 Å². The Hall–Kier alpha value is -1.42. The summed E-state index contributed by atoms with van der Waals surface area (Å²) in [5.41, 5.74) is 6.10. The van der Waals surface area contributed by atoms with Crippen molar-refractivity contribution in [3.8, 4) is 0 Å². The summed E-state index contributed by atoms with van der Waals surface area (Å²) in [5.74, 6) is -0.197. The molecule has 0 aliphatic heterocycles. The first kappa shape index (κ1) is 15.0. The second-order valence-corrected chi connectivity index (χ2v) is 5.77. The minimum Gasteiger partial charge on any atom is -0.366 e. The molecule has 0 spiro atoms. The van der Waals surface area contributed by atoms with Crippen LogP contribution in [0.1, 0.15) is 54.9 Å². The van der Waals surface area contributed by atoms with Crippen LogP contribution in [0.3, 0.4) is 0 Å². The molecule has 1 fully saturated rings. The predicted octanol–water partition coefficient (Wildman–Crippen LogP) is 2.98. The fourth-order valence-electron chi connectivity index (χ4n) is 2.90. The lowest BCUT2D eigenvalue weighted by molar-refractivity contribution is 0.1000. The maximum atomic E-state index is 13.8. The summed E-state index contributed by atoms with van der Waals surface area (Å²) in [6.45, 7) is 2.70. The number of nitrogens with two attached hydrogens (primary N) is 1. The van der Waals surface area contributed by atoms with Gasteiger partial charge in [0.2, 0.25) is 5.91 Å². The van der Waals surface area contributed by atoms with Crippen molar-refractivity contribution < 1.29 is 9.18 Å². The molecule has 1 saturated carbocycles. The molecule has 0 saturated heterocycles. The van der Waals surface area contributed by atoms with Crippen LogP contribution < -0.4 is 11.1 Å². The molecule has 1 amide bonds. The lowest BCUT2D eigenvalue weighted by Gasteiger charge is -2.23. The molecule has 2 unspecified atom stereocenters. The van der Waals surface area contributed by atoms with Crippen LogP contribution >= 0.6 is 0 Å². The van der Waals surface area contributed by atoms with E-state index in [1.165, 1.54) is 37.8 Å². The SMILES string of the molecule is CC1CCCCCC1NCc1cc(C(N)=O)ccc1F. The Morgan fingerprint density at radius 1 is 1.35 bits per heavy atom. The maximum absolute atomic E-state index is 13.8. The summed E-state index contributed by atoms with van der Waals surface area (Å²) in [6, 6.07) is 4.71. The Morgan fingerprint density at radius 3 is 2.85 bits per heavy atom. The first-order valence-corrected chi connectivity index (χ1v) is 7.39. The van der Waals surface area contributed by atoms with Gasteiger partial charge in [-0.25, -0.2) is 4.39 Å². The number of nitrogens with one attached hydrogen (secondary N) is 1. The molecule has 3 nitrogen and oxygen atoms in total. The molecule has 0 radical (unpaired) electrons. The standard InChI is InChI=1S/C16H23FN2O/c1-11-5-3-2-4-6-15(11)19-10-13-9-12(16(18)20)7-8-14(13)17/h7-9,11,15,19H,2-6,10H2,1H3,(H2,18,20). The van der Waals surface area contributed by atoms with Gasteiger partial charge in [-0.05, 0) is 37.0 Å². The topological polar surface area (TPSA) is 55.1 Å². The number of hydrogen-bond donors (Lipinski definition) is 2. The van der Waals surface area contributed by atoms with Gasteiger partial charge >= 0.3 is 0 Å². The van der Waals surface area contributed by atoms with Crippen molar-refractivity contribution in [2.24, 2.45) is 11.7 Å². The summed E-state index contributed by atoms with van der Waals surface area (Å²) in [5, 5.41) is 3.44. The molecule has 2 rings (SSSR count). The first-order chi connectivity index (χ1) is 9.58. The zero-order valence-corrected chi connectivity index (χ0v) is 12.0. The number of carbonyl (C=O) groups is 1. The first-order valence-electron chi connectivity index (χ1n) is 7.39. The van der Waals surface area contributed by atoms with Crippen molar-refractivity contribution in [1.82, 2.24) is 5.32 Å². The van der Waals surface area contributed by atoms with Gasteiger partial charge in [0.25, 0.3) is 0 Å². The highest BCUT2D eigenvalue weighted by atomic mass is 19.1. The number of hydrogen-bond acceptors (Lipinski definition) is 2. The summed E-state index contributed by atoms with van der Waals surface area (Å²) in [7, 11) is 0. The number of rotatable bonds is 4. The van der Waals surface area contributed by atoms with Gasteiger partial charge in [-0.1, -0.05) is 26.2 Å². The van der Waals surface area contributed by atoms with Gasteiger partial charge in [-0.3, -0.25) is 4.79 Å². The van der Waals surface area contributed by atoms with Crippen molar-refractivity contribution in [2.45, 2.75) is 51.6 Å². The maximum Gasteiger partial charge on any atom is 0.248 e. The molecule has 1 aliphatic carbocycles. The van der Waals surface area contributed by atoms with E-state index >= 15 is 0 Å². The Labute approximate surface area is 119 Å². The van der Waals surface area contributed by atoms with Crippen LogP contribution in [0.4, 0.5) is 4.39 Å². The minimum atomic E-state index is -0.519. The number of benzene rings is 1.